The number of carbonyl (C=O) groups is 2. The molecule has 0 aliphatic rings. The van der Waals surface area contributed by atoms with E-state index in [2.05, 4.69) is 5.32 Å². The fourth-order valence-electron chi connectivity index (χ4n) is 4.67. The Balaban J connectivity index is 2.16. The van der Waals surface area contributed by atoms with E-state index in [1.807, 2.05) is 108 Å². The molecule has 1 N–H and O–H groups in total. The zero-order valence-corrected chi connectivity index (χ0v) is 26.8. The zero-order valence-electron chi connectivity index (χ0n) is 26.0. The predicted octanol–water partition coefficient (Wildman–Crippen LogP) is 4.78. The van der Waals surface area contributed by atoms with E-state index in [1.54, 1.807) is 6.07 Å². The molecule has 0 bridgehead atoms. The molecule has 0 aromatic heterocycles. The number of benzene rings is 3. The highest BCUT2D eigenvalue weighted by Gasteiger charge is 2.36. The second-order valence-corrected chi connectivity index (χ2v) is 14.0. The van der Waals surface area contributed by atoms with E-state index in [4.69, 9.17) is 0 Å². The fraction of sp³-hybridized carbons (Fsp3) is 0.394. The molecule has 0 aliphatic carbocycles. The first-order valence-electron chi connectivity index (χ1n) is 14.1. The minimum Gasteiger partial charge on any atom is -0.350 e. The molecule has 226 valence electrons. The summed E-state index contributed by atoms with van der Waals surface area (Å²) >= 11 is 0. The third-order valence-corrected chi connectivity index (χ3v) is 8.83. The molecule has 0 radical (unpaired) electrons. The van der Waals surface area contributed by atoms with Crippen LogP contribution >= 0.6 is 0 Å². The molecule has 0 spiro atoms. The van der Waals surface area contributed by atoms with Gasteiger partial charge in [0.15, 0.2) is 0 Å². The summed E-state index contributed by atoms with van der Waals surface area (Å²) in [5, 5.41) is 3.05. The number of hydrogen-bond donors (Lipinski definition) is 1. The van der Waals surface area contributed by atoms with E-state index in [1.165, 1.54) is 19.0 Å². The average molecular weight is 593 g/mol. The maximum absolute atomic E-state index is 14.4. The van der Waals surface area contributed by atoms with Crippen LogP contribution in [0.3, 0.4) is 0 Å². The van der Waals surface area contributed by atoms with Crippen LogP contribution in [0.2, 0.25) is 0 Å². The summed E-state index contributed by atoms with van der Waals surface area (Å²) in [6, 6.07) is 21.9. The number of anilines is 1. The van der Waals surface area contributed by atoms with Gasteiger partial charge in [0.25, 0.3) is 0 Å². The monoisotopic (exact) mass is 592 g/mol. The SMILES string of the molecule is Cc1ccc(C)c(N(CC(=O)N(Cc2ccccc2C)[C@H](Cc2ccccc2)C(=O)NC(C)(C)C)S(=O)(=O)N(C)C)c1. The molecule has 0 fully saturated rings. The third kappa shape index (κ3) is 8.42. The van der Waals surface area contributed by atoms with Crippen LogP contribution in [0.15, 0.2) is 72.8 Å². The molecule has 3 aromatic rings. The molecule has 3 rings (SSSR count). The lowest BCUT2D eigenvalue weighted by molar-refractivity contribution is -0.140. The minimum absolute atomic E-state index is 0.142. The van der Waals surface area contributed by atoms with E-state index >= 15 is 0 Å². The van der Waals surface area contributed by atoms with Crippen LogP contribution in [0, 0.1) is 20.8 Å². The van der Waals surface area contributed by atoms with Gasteiger partial charge in [-0.15, -0.1) is 0 Å². The van der Waals surface area contributed by atoms with Gasteiger partial charge < -0.3 is 10.2 Å². The molecule has 9 heteroatoms. The molecule has 8 nitrogen and oxygen atoms in total. The van der Waals surface area contributed by atoms with Gasteiger partial charge in [-0.2, -0.15) is 12.7 Å². The predicted molar refractivity (Wildman–Crippen MR) is 169 cm³/mol. The van der Waals surface area contributed by atoms with Crippen molar-refractivity contribution >= 4 is 27.7 Å². The molecule has 1 atom stereocenters. The van der Waals surface area contributed by atoms with Crippen LogP contribution in [-0.4, -0.2) is 61.7 Å². The van der Waals surface area contributed by atoms with Crippen molar-refractivity contribution in [3.05, 3.63) is 101 Å². The first-order chi connectivity index (χ1) is 19.6. The van der Waals surface area contributed by atoms with Gasteiger partial charge in [0.1, 0.15) is 12.6 Å². The zero-order chi connectivity index (χ0) is 31.2. The lowest BCUT2D eigenvalue weighted by Crippen LogP contribution is -2.56. The lowest BCUT2D eigenvalue weighted by Gasteiger charge is -2.36. The average Bonchev–Trinajstić information content (AvgIpc) is 2.91. The summed E-state index contributed by atoms with van der Waals surface area (Å²) < 4.78 is 29.5. The first-order valence-corrected chi connectivity index (χ1v) is 15.5. The Bertz CT molecular complexity index is 1500. The van der Waals surface area contributed by atoms with Gasteiger partial charge in [0.05, 0.1) is 5.69 Å². The number of carbonyl (C=O) groups excluding carboxylic acids is 2. The van der Waals surface area contributed by atoms with Crippen molar-refractivity contribution in [3.63, 3.8) is 0 Å². The van der Waals surface area contributed by atoms with Crippen molar-refractivity contribution in [3.8, 4) is 0 Å². The number of hydrogen-bond acceptors (Lipinski definition) is 4. The Morgan fingerprint density at radius 3 is 2.07 bits per heavy atom. The summed E-state index contributed by atoms with van der Waals surface area (Å²) in [6.07, 6.45) is 0.268. The lowest BCUT2D eigenvalue weighted by atomic mass is 10.00. The number of aryl methyl sites for hydroxylation is 3. The Labute approximate surface area is 251 Å². The van der Waals surface area contributed by atoms with Gasteiger partial charge in [-0.3, -0.25) is 9.59 Å². The highest BCUT2D eigenvalue weighted by molar-refractivity contribution is 7.90. The molecular weight excluding hydrogens is 548 g/mol. The smallest absolute Gasteiger partial charge is 0.304 e. The topological polar surface area (TPSA) is 90.0 Å². The van der Waals surface area contributed by atoms with Gasteiger partial charge in [-0.05, 0) is 75.4 Å². The number of amides is 2. The normalized spacial score (nSPS) is 12.6. The summed E-state index contributed by atoms with van der Waals surface area (Å²) in [6.45, 7) is 11.0. The molecule has 0 saturated heterocycles. The standard InChI is InChI=1S/C33H44N4O4S/c1-24-18-19-26(3)29(20-24)37(42(40,41)35(7)8)23-31(38)36(22-28-17-13-12-14-25(28)2)30(32(39)34-33(4,5)6)21-27-15-10-9-11-16-27/h9-20,30H,21-23H2,1-8H3,(H,34,39)/t30-/m1/s1. The van der Waals surface area contributed by atoms with Crippen molar-refractivity contribution in [1.82, 2.24) is 14.5 Å². The molecule has 3 aromatic carbocycles. The van der Waals surface area contributed by atoms with Crippen LogP contribution in [0.5, 0.6) is 0 Å². The van der Waals surface area contributed by atoms with Crippen molar-refractivity contribution in [2.75, 3.05) is 24.9 Å². The van der Waals surface area contributed by atoms with E-state index in [-0.39, 0.29) is 18.9 Å². The highest BCUT2D eigenvalue weighted by Crippen LogP contribution is 2.26. The summed E-state index contributed by atoms with van der Waals surface area (Å²) in [7, 11) is -1.17. The van der Waals surface area contributed by atoms with Crippen molar-refractivity contribution < 1.29 is 18.0 Å². The van der Waals surface area contributed by atoms with Gasteiger partial charge in [0.2, 0.25) is 11.8 Å². The summed E-state index contributed by atoms with van der Waals surface area (Å²) in [5.41, 5.74) is 4.20. The maximum atomic E-state index is 14.4. The van der Waals surface area contributed by atoms with E-state index in [0.29, 0.717) is 5.69 Å². The minimum atomic E-state index is -4.06. The number of nitrogens with one attached hydrogen (secondary N) is 1. The number of nitrogens with zero attached hydrogens (tertiary/aromatic N) is 3. The molecular formula is C33H44N4O4S. The Morgan fingerprint density at radius 2 is 1.48 bits per heavy atom. The van der Waals surface area contributed by atoms with Crippen molar-refractivity contribution in [2.24, 2.45) is 0 Å². The fourth-order valence-corrected chi connectivity index (χ4v) is 5.78. The number of rotatable bonds is 11. The summed E-state index contributed by atoms with van der Waals surface area (Å²) in [4.78, 5) is 29.9. The highest BCUT2D eigenvalue weighted by atomic mass is 32.2. The van der Waals surface area contributed by atoms with Gasteiger partial charge in [-0.25, -0.2) is 4.31 Å². The molecule has 0 heterocycles. The molecule has 0 saturated carbocycles. The van der Waals surface area contributed by atoms with Gasteiger partial charge in [0, 0.05) is 32.6 Å². The third-order valence-electron chi connectivity index (χ3n) is 7.02. The Kier molecular flexibility index (Phi) is 10.6. The molecule has 42 heavy (non-hydrogen) atoms. The van der Waals surface area contributed by atoms with Crippen LogP contribution in [-0.2, 0) is 32.8 Å². The van der Waals surface area contributed by atoms with Crippen LogP contribution in [0.4, 0.5) is 5.69 Å². The van der Waals surface area contributed by atoms with E-state index < -0.39 is 34.2 Å². The van der Waals surface area contributed by atoms with Crippen LogP contribution in [0.25, 0.3) is 0 Å². The largest absolute Gasteiger partial charge is 0.350 e. The molecule has 0 aliphatic heterocycles. The van der Waals surface area contributed by atoms with Gasteiger partial charge >= 0.3 is 10.2 Å². The second kappa shape index (κ2) is 13.5. The molecule has 0 unspecified atom stereocenters. The first kappa shape index (κ1) is 32.8. The Morgan fingerprint density at radius 1 is 0.857 bits per heavy atom. The Hall–Kier alpha value is -3.69. The van der Waals surface area contributed by atoms with Crippen LogP contribution in [0.1, 0.15) is 48.6 Å². The van der Waals surface area contributed by atoms with Crippen LogP contribution < -0.4 is 9.62 Å². The van der Waals surface area contributed by atoms with E-state index in [0.717, 1.165) is 36.4 Å². The van der Waals surface area contributed by atoms with Crippen molar-refractivity contribution in [2.45, 2.75) is 66.1 Å². The molecule has 2 amide bonds. The summed E-state index contributed by atoms with van der Waals surface area (Å²) in [5.74, 6) is -0.781. The maximum Gasteiger partial charge on any atom is 0.304 e. The van der Waals surface area contributed by atoms with E-state index in [9.17, 15) is 18.0 Å². The van der Waals surface area contributed by atoms with Crippen molar-refractivity contribution in [1.29, 1.82) is 0 Å². The quantitative estimate of drug-likeness (QED) is 0.347. The van der Waals surface area contributed by atoms with Gasteiger partial charge in [-0.1, -0.05) is 66.7 Å². The second-order valence-electron chi connectivity index (χ2n) is 12.0.